The second-order valence-electron chi connectivity index (χ2n) is 5.33. The molecule has 2 unspecified atom stereocenters. The summed E-state index contributed by atoms with van der Waals surface area (Å²) in [5.74, 6) is -0.792. The van der Waals surface area contributed by atoms with Crippen LogP contribution < -0.4 is 11.1 Å². The van der Waals surface area contributed by atoms with Gasteiger partial charge in [0.25, 0.3) is 0 Å². The molecule has 0 heterocycles. The molecule has 2 atom stereocenters. The van der Waals surface area contributed by atoms with Crippen LogP contribution in [0.15, 0.2) is 0 Å². The molecule has 0 aromatic rings. The number of halogens is 1. The number of rotatable bonds is 6. The Hall–Kier alpha value is -0.850. The first kappa shape index (κ1) is 19.1. The molecule has 0 radical (unpaired) electrons. The van der Waals surface area contributed by atoms with E-state index in [1.54, 1.807) is 6.92 Å². The molecule has 0 spiro atoms. The molecule has 1 fully saturated rings. The number of nitrogens with one attached hydrogen (secondary N) is 1. The lowest BCUT2D eigenvalue weighted by molar-refractivity contribution is -0.171. The zero-order valence-electron chi connectivity index (χ0n) is 12.5. The smallest absolute Gasteiger partial charge is 0.325 e. The topological polar surface area (TPSA) is 90.7 Å². The summed E-state index contributed by atoms with van der Waals surface area (Å²) < 4.78 is 10.3. The van der Waals surface area contributed by atoms with Gasteiger partial charge in [0.05, 0.1) is 12.7 Å². The van der Waals surface area contributed by atoms with Gasteiger partial charge in [0, 0.05) is 18.4 Å². The second-order valence-corrected chi connectivity index (χ2v) is 5.33. The van der Waals surface area contributed by atoms with Crippen LogP contribution >= 0.6 is 12.4 Å². The summed E-state index contributed by atoms with van der Waals surface area (Å²) in [7, 11) is 0. The van der Waals surface area contributed by atoms with Crippen LogP contribution in [-0.2, 0) is 19.1 Å². The fraction of sp³-hybridized carbons (Fsp3) is 0.846. The summed E-state index contributed by atoms with van der Waals surface area (Å²) in [4.78, 5) is 23.3. The normalized spacial score (nSPS) is 26.9. The van der Waals surface area contributed by atoms with Crippen LogP contribution in [-0.4, -0.2) is 43.3 Å². The third kappa shape index (κ3) is 3.42. The Bertz CT molecular complexity index is 362. The van der Waals surface area contributed by atoms with Crippen molar-refractivity contribution in [3.05, 3.63) is 0 Å². The largest absolute Gasteiger partial charge is 0.465 e. The van der Waals surface area contributed by atoms with Crippen molar-refractivity contribution < 1.29 is 19.1 Å². The second kappa shape index (κ2) is 7.24. The van der Waals surface area contributed by atoms with Gasteiger partial charge in [-0.15, -0.1) is 12.4 Å². The lowest BCUT2D eigenvalue weighted by Crippen LogP contribution is -2.76. The monoisotopic (exact) mass is 308 g/mol. The first-order chi connectivity index (χ1) is 8.79. The number of amides is 1. The Morgan fingerprint density at radius 3 is 2.35 bits per heavy atom. The number of nitrogens with two attached hydrogens (primary N) is 1. The highest BCUT2D eigenvalue weighted by molar-refractivity contribution is 5.91. The molecule has 1 amide bonds. The molecule has 20 heavy (non-hydrogen) atoms. The summed E-state index contributed by atoms with van der Waals surface area (Å²) in [5.41, 5.74) is 4.70. The Morgan fingerprint density at radius 1 is 1.30 bits per heavy atom. The zero-order chi connectivity index (χ0) is 14.7. The van der Waals surface area contributed by atoms with Gasteiger partial charge in [-0.2, -0.15) is 0 Å². The highest BCUT2D eigenvalue weighted by Gasteiger charge is 2.62. The predicted molar refractivity (Wildman–Crippen MR) is 77.6 cm³/mol. The van der Waals surface area contributed by atoms with Gasteiger partial charge in [-0.1, -0.05) is 13.8 Å². The molecule has 0 saturated heterocycles. The zero-order valence-corrected chi connectivity index (χ0v) is 13.3. The number of esters is 1. The highest BCUT2D eigenvalue weighted by atomic mass is 35.5. The summed E-state index contributed by atoms with van der Waals surface area (Å²) >= 11 is 0. The van der Waals surface area contributed by atoms with Gasteiger partial charge >= 0.3 is 5.97 Å². The SMILES string of the molecule is CCOC(=O)CNC(=O)C1(N)CC(OCC)C1(C)C.Cl. The van der Waals surface area contributed by atoms with Crippen molar-refractivity contribution in [1.82, 2.24) is 5.32 Å². The molecular formula is C13H25ClN2O4. The standard InChI is InChI=1S/C13H24N2O4.ClH/c1-5-18-9-7-13(14,12(9,3)4)11(17)15-8-10(16)19-6-2;/h9H,5-8,14H2,1-4H3,(H,15,17);1H. The molecule has 1 aliphatic carbocycles. The van der Waals surface area contributed by atoms with E-state index in [0.29, 0.717) is 19.6 Å². The molecule has 3 N–H and O–H groups in total. The van der Waals surface area contributed by atoms with Crippen molar-refractivity contribution in [2.45, 2.75) is 45.8 Å². The van der Waals surface area contributed by atoms with Gasteiger partial charge in [0.1, 0.15) is 12.1 Å². The van der Waals surface area contributed by atoms with Crippen molar-refractivity contribution >= 4 is 24.3 Å². The minimum Gasteiger partial charge on any atom is -0.465 e. The lowest BCUT2D eigenvalue weighted by Gasteiger charge is -2.57. The van der Waals surface area contributed by atoms with Gasteiger partial charge in [0.2, 0.25) is 5.91 Å². The van der Waals surface area contributed by atoms with Crippen LogP contribution in [0.4, 0.5) is 0 Å². The lowest BCUT2D eigenvalue weighted by atomic mass is 9.54. The van der Waals surface area contributed by atoms with Crippen molar-refractivity contribution in [2.24, 2.45) is 11.1 Å². The molecule has 0 bridgehead atoms. The number of carbonyl (C=O) groups excluding carboxylic acids is 2. The maximum absolute atomic E-state index is 12.1. The van der Waals surface area contributed by atoms with Crippen LogP contribution in [0.2, 0.25) is 0 Å². The first-order valence-corrected chi connectivity index (χ1v) is 6.64. The van der Waals surface area contributed by atoms with E-state index >= 15 is 0 Å². The molecule has 0 aliphatic heterocycles. The number of hydrogen-bond acceptors (Lipinski definition) is 5. The van der Waals surface area contributed by atoms with E-state index in [0.717, 1.165) is 0 Å². The Morgan fingerprint density at radius 2 is 1.90 bits per heavy atom. The molecule has 1 aliphatic rings. The Kier molecular flexibility index (Phi) is 6.93. The van der Waals surface area contributed by atoms with Crippen molar-refractivity contribution in [2.75, 3.05) is 19.8 Å². The van der Waals surface area contributed by atoms with Crippen LogP contribution in [0.1, 0.15) is 34.1 Å². The van der Waals surface area contributed by atoms with Gasteiger partial charge in [-0.25, -0.2) is 0 Å². The Balaban J connectivity index is 0.00000361. The number of carbonyl (C=O) groups is 2. The minimum absolute atomic E-state index is 0. The van der Waals surface area contributed by atoms with Crippen molar-refractivity contribution in [1.29, 1.82) is 0 Å². The average Bonchev–Trinajstić information content (AvgIpc) is 2.35. The quantitative estimate of drug-likeness (QED) is 0.702. The predicted octanol–water partition coefficient (Wildman–Crippen LogP) is 0.620. The van der Waals surface area contributed by atoms with E-state index < -0.39 is 16.9 Å². The molecule has 1 saturated carbocycles. The van der Waals surface area contributed by atoms with Crippen LogP contribution in [0.5, 0.6) is 0 Å². The molecule has 6 nitrogen and oxygen atoms in total. The number of hydrogen-bond donors (Lipinski definition) is 2. The highest BCUT2D eigenvalue weighted by Crippen LogP contribution is 2.49. The van der Waals surface area contributed by atoms with E-state index in [-0.39, 0.29) is 31.0 Å². The summed E-state index contributed by atoms with van der Waals surface area (Å²) in [6.07, 6.45) is 0.429. The first-order valence-electron chi connectivity index (χ1n) is 6.64. The molecule has 1 rings (SSSR count). The summed E-state index contributed by atoms with van der Waals surface area (Å²) in [6.45, 7) is 8.16. The van der Waals surface area contributed by atoms with E-state index in [1.165, 1.54) is 0 Å². The average molecular weight is 309 g/mol. The van der Waals surface area contributed by atoms with Crippen molar-refractivity contribution in [3.8, 4) is 0 Å². The molecule has 0 aromatic heterocycles. The van der Waals surface area contributed by atoms with Gasteiger partial charge < -0.3 is 20.5 Å². The molecular weight excluding hydrogens is 284 g/mol. The van der Waals surface area contributed by atoms with E-state index in [4.69, 9.17) is 15.2 Å². The van der Waals surface area contributed by atoms with Gasteiger partial charge in [0.15, 0.2) is 0 Å². The Labute approximate surface area is 126 Å². The van der Waals surface area contributed by atoms with Gasteiger partial charge in [-0.3, -0.25) is 9.59 Å². The molecule has 118 valence electrons. The summed E-state index contributed by atoms with van der Waals surface area (Å²) in [6, 6.07) is 0. The third-order valence-corrected chi connectivity index (χ3v) is 3.93. The fourth-order valence-corrected chi connectivity index (χ4v) is 2.34. The van der Waals surface area contributed by atoms with Gasteiger partial charge in [-0.05, 0) is 13.8 Å². The summed E-state index contributed by atoms with van der Waals surface area (Å²) in [5, 5.41) is 2.53. The molecule has 7 heteroatoms. The third-order valence-electron chi connectivity index (χ3n) is 3.93. The minimum atomic E-state index is -1.00. The van der Waals surface area contributed by atoms with Crippen LogP contribution in [0.3, 0.4) is 0 Å². The van der Waals surface area contributed by atoms with Crippen molar-refractivity contribution in [3.63, 3.8) is 0 Å². The molecule has 0 aromatic carbocycles. The maximum atomic E-state index is 12.1. The van der Waals surface area contributed by atoms with Crippen LogP contribution in [0, 0.1) is 5.41 Å². The van der Waals surface area contributed by atoms with E-state index in [9.17, 15) is 9.59 Å². The number of ether oxygens (including phenoxy) is 2. The fourth-order valence-electron chi connectivity index (χ4n) is 2.34. The van der Waals surface area contributed by atoms with Crippen LogP contribution in [0.25, 0.3) is 0 Å². The maximum Gasteiger partial charge on any atom is 0.325 e. The van der Waals surface area contributed by atoms with E-state index in [2.05, 4.69) is 5.32 Å². The van der Waals surface area contributed by atoms with E-state index in [1.807, 2.05) is 20.8 Å².